The summed E-state index contributed by atoms with van der Waals surface area (Å²) in [6.45, 7) is 4.69. The van der Waals surface area contributed by atoms with Gasteiger partial charge in [-0.1, -0.05) is 43.1 Å². The molecule has 0 spiro atoms. The molecule has 3 nitrogen and oxygen atoms in total. The maximum Gasteiger partial charge on any atom is 0.0897 e. The Morgan fingerprint density at radius 2 is 2.19 bits per heavy atom. The number of hydrogen-bond acceptors (Lipinski definition) is 3. The second-order valence-corrected chi connectivity index (χ2v) is 6.61. The number of hydrogen-bond donors (Lipinski definition) is 2. The highest BCUT2D eigenvalue weighted by Gasteiger charge is 2.20. The fourth-order valence-electron chi connectivity index (χ4n) is 2.94. The predicted molar refractivity (Wildman–Crippen MR) is 86.5 cm³/mol. The first-order valence-electron chi connectivity index (χ1n) is 7.85. The van der Waals surface area contributed by atoms with Gasteiger partial charge >= 0.3 is 0 Å². The Labute approximate surface area is 132 Å². The van der Waals surface area contributed by atoms with Crippen LogP contribution in [0.2, 0.25) is 5.02 Å². The van der Waals surface area contributed by atoms with Crippen LogP contribution in [-0.2, 0) is 11.3 Å². The Morgan fingerprint density at radius 3 is 2.90 bits per heavy atom. The van der Waals surface area contributed by atoms with Crippen molar-refractivity contribution in [3.05, 3.63) is 34.9 Å². The maximum atomic E-state index is 9.90. The summed E-state index contributed by atoms with van der Waals surface area (Å²) in [5.74, 6) is 1.64. The molecule has 0 aromatic heterocycles. The smallest absolute Gasteiger partial charge is 0.0897 e. The van der Waals surface area contributed by atoms with Crippen LogP contribution in [0, 0.1) is 11.8 Å². The molecule has 21 heavy (non-hydrogen) atoms. The molecular formula is C17H26ClNO2. The van der Waals surface area contributed by atoms with Crippen LogP contribution in [0.5, 0.6) is 0 Å². The Bertz CT molecular complexity index is 427. The van der Waals surface area contributed by atoms with Gasteiger partial charge in [0.25, 0.3) is 0 Å². The van der Waals surface area contributed by atoms with Crippen molar-refractivity contribution < 1.29 is 9.84 Å². The van der Waals surface area contributed by atoms with Gasteiger partial charge in [0.1, 0.15) is 0 Å². The average molecular weight is 312 g/mol. The monoisotopic (exact) mass is 311 g/mol. The van der Waals surface area contributed by atoms with E-state index in [4.69, 9.17) is 16.3 Å². The van der Waals surface area contributed by atoms with Crippen LogP contribution in [0.1, 0.15) is 31.7 Å². The zero-order valence-electron chi connectivity index (χ0n) is 12.7. The Balaban J connectivity index is 1.55. The quantitative estimate of drug-likeness (QED) is 0.774. The Kier molecular flexibility index (Phi) is 6.97. The number of aliphatic hydroxyl groups is 1. The second-order valence-electron chi connectivity index (χ2n) is 6.20. The van der Waals surface area contributed by atoms with Crippen molar-refractivity contribution in [3.63, 3.8) is 0 Å². The molecule has 1 aromatic rings. The van der Waals surface area contributed by atoms with Crippen LogP contribution in [0.3, 0.4) is 0 Å². The van der Waals surface area contributed by atoms with Gasteiger partial charge in [0.2, 0.25) is 0 Å². The normalized spacial score (nSPS) is 23.4. The zero-order valence-corrected chi connectivity index (χ0v) is 13.5. The summed E-state index contributed by atoms with van der Waals surface area (Å²) < 4.78 is 5.53. The first-order valence-corrected chi connectivity index (χ1v) is 8.23. The lowest BCUT2D eigenvalue weighted by Crippen LogP contribution is -2.33. The molecule has 3 unspecified atom stereocenters. The summed E-state index contributed by atoms with van der Waals surface area (Å²) in [6, 6.07) is 7.62. The number of benzene rings is 1. The van der Waals surface area contributed by atoms with Crippen molar-refractivity contribution >= 4 is 11.6 Å². The molecule has 0 saturated heterocycles. The minimum Gasteiger partial charge on any atom is -0.389 e. The molecule has 2 rings (SSSR count). The average Bonchev–Trinajstić information content (AvgIpc) is 2.87. The van der Waals surface area contributed by atoms with Crippen molar-refractivity contribution in [3.8, 4) is 0 Å². The van der Waals surface area contributed by atoms with Crippen LogP contribution in [0.15, 0.2) is 24.3 Å². The van der Waals surface area contributed by atoms with Gasteiger partial charge in [0.15, 0.2) is 0 Å². The van der Waals surface area contributed by atoms with Crippen LogP contribution >= 0.6 is 11.6 Å². The largest absolute Gasteiger partial charge is 0.389 e. The fraction of sp³-hybridized carbons (Fsp3) is 0.647. The SMILES string of the molecule is CC1CCC(CNCC(O)COCc2ccccc2Cl)C1. The summed E-state index contributed by atoms with van der Waals surface area (Å²) in [7, 11) is 0. The van der Waals surface area contributed by atoms with Crippen molar-refractivity contribution in [1.29, 1.82) is 0 Å². The fourth-order valence-corrected chi connectivity index (χ4v) is 3.13. The van der Waals surface area contributed by atoms with Gasteiger partial charge in [-0.15, -0.1) is 0 Å². The van der Waals surface area contributed by atoms with E-state index in [2.05, 4.69) is 12.2 Å². The van der Waals surface area contributed by atoms with Crippen LogP contribution < -0.4 is 5.32 Å². The summed E-state index contributed by atoms with van der Waals surface area (Å²) in [6.07, 6.45) is 3.50. The summed E-state index contributed by atoms with van der Waals surface area (Å²) in [5, 5.41) is 14.0. The minimum atomic E-state index is -0.466. The molecule has 1 aliphatic rings. The topological polar surface area (TPSA) is 41.5 Å². The van der Waals surface area contributed by atoms with E-state index in [1.807, 2.05) is 24.3 Å². The van der Waals surface area contributed by atoms with E-state index < -0.39 is 6.10 Å². The lowest BCUT2D eigenvalue weighted by molar-refractivity contribution is 0.0285. The van der Waals surface area contributed by atoms with Gasteiger partial charge in [-0.3, -0.25) is 0 Å². The van der Waals surface area contributed by atoms with Crippen molar-refractivity contribution in [2.75, 3.05) is 19.7 Å². The molecule has 0 amide bonds. The van der Waals surface area contributed by atoms with Gasteiger partial charge in [-0.2, -0.15) is 0 Å². The molecule has 1 aliphatic carbocycles. The van der Waals surface area contributed by atoms with Gasteiger partial charge < -0.3 is 15.2 Å². The van der Waals surface area contributed by atoms with Crippen molar-refractivity contribution in [2.24, 2.45) is 11.8 Å². The van der Waals surface area contributed by atoms with E-state index in [9.17, 15) is 5.11 Å². The third-order valence-electron chi connectivity index (χ3n) is 4.14. The van der Waals surface area contributed by atoms with Gasteiger partial charge in [0.05, 0.1) is 19.3 Å². The zero-order chi connectivity index (χ0) is 15.1. The summed E-state index contributed by atoms with van der Waals surface area (Å²) in [5.41, 5.74) is 0.958. The number of ether oxygens (including phenoxy) is 1. The third kappa shape index (κ3) is 5.95. The lowest BCUT2D eigenvalue weighted by Gasteiger charge is -2.15. The standard InChI is InChI=1S/C17H26ClNO2/c1-13-6-7-14(8-13)9-19-10-16(20)12-21-11-15-4-2-3-5-17(15)18/h2-5,13-14,16,19-20H,6-12H2,1H3. The van der Waals surface area contributed by atoms with Crippen molar-refractivity contribution in [1.82, 2.24) is 5.32 Å². The molecule has 0 heterocycles. The number of aliphatic hydroxyl groups excluding tert-OH is 1. The first kappa shape index (κ1) is 16.8. The second kappa shape index (κ2) is 8.74. The number of rotatable bonds is 8. The highest BCUT2D eigenvalue weighted by Crippen LogP contribution is 2.29. The maximum absolute atomic E-state index is 9.90. The molecule has 3 atom stereocenters. The van der Waals surface area contributed by atoms with Crippen LogP contribution in [0.25, 0.3) is 0 Å². The Morgan fingerprint density at radius 1 is 1.38 bits per heavy atom. The molecule has 118 valence electrons. The minimum absolute atomic E-state index is 0.333. The van der Waals surface area contributed by atoms with E-state index in [0.29, 0.717) is 24.8 Å². The third-order valence-corrected chi connectivity index (χ3v) is 4.51. The summed E-state index contributed by atoms with van der Waals surface area (Å²) >= 11 is 6.05. The molecule has 1 saturated carbocycles. The van der Waals surface area contributed by atoms with E-state index >= 15 is 0 Å². The van der Waals surface area contributed by atoms with Gasteiger partial charge in [-0.05, 0) is 42.9 Å². The molecule has 0 bridgehead atoms. The highest BCUT2D eigenvalue weighted by molar-refractivity contribution is 6.31. The number of halogens is 1. The van der Waals surface area contributed by atoms with Crippen LogP contribution in [0.4, 0.5) is 0 Å². The van der Waals surface area contributed by atoms with E-state index in [-0.39, 0.29) is 0 Å². The highest BCUT2D eigenvalue weighted by atomic mass is 35.5. The molecule has 0 radical (unpaired) electrons. The molecule has 0 aliphatic heterocycles. The Hall–Kier alpha value is -0.610. The molecule has 4 heteroatoms. The molecule has 1 aromatic carbocycles. The molecule has 1 fully saturated rings. The van der Waals surface area contributed by atoms with Gasteiger partial charge in [-0.25, -0.2) is 0 Å². The predicted octanol–water partition coefficient (Wildman–Crippen LogP) is 3.24. The first-order chi connectivity index (χ1) is 10.1. The van der Waals surface area contributed by atoms with E-state index in [0.717, 1.165) is 23.9 Å². The number of nitrogens with one attached hydrogen (secondary N) is 1. The van der Waals surface area contributed by atoms with Crippen molar-refractivity contribution in [2.45, 2.75) is 38.9 Å². The van der Waals surface area contributed by atoms with E-state index in [1.165, 1.54) is 19.3 Å². The lowest BCUT2D eigenvalue weighted by atomic mass is 10.1. The van der Waals surface area contributed by atoms with E-state index in [1.54, 1.807) is 0 Å². The van der Waals surface area contributed by atoms with Crippen LogP contribution in [-0.4, -0.2) is 30.9 Å². The molecule has 2 N–H and O–H groups in total. The van der Waals surface area contributed by atoms with Gasteiger partial charge in [0, 0.05) is 11.6 Å². The summed E-state index contributed by atoms with van der Waals surface area (Å²) in [4.78, 5) is 0. The molecular weight excluding hydrogens is 286 g/mol.